The molecule has 122 valence electrons. The van der Waals surface area contributed by atoms with Crippen molar-refractivity contribution in [3.63, 3.8) is 0 Å². The van der Waals surface area contributed by atoms with Crippen molar-refractivity contribution >= 4 is 11.4 Å². The summed E-state index contributed by atoms with van der Waals surface area (Å²) in [7, 11) is 0. The maximum atomic E-state index is 14.3. The number of benzene rings is 2. The monoisotopic (exact) mass is 328 g/mol. The SMILES string of the molecule is O=[N+]([O-])c1cccc([C@@H]2Nc3c(F)cc(F)cc3[C@H]3C=CC[C@@H]32)c1. The predicted octanol–water partition coefficient (Wildman–Crippen LogP) is 4.70. The number of nitro benzene ring substituents is 1. The second kappa shape index (κ2) is 5.40. The van der Waals surface area contributed by atoms with E-state index >= 15 is 0 Å². The first kappa shape index (κ1) is 14.8. The van der Waals surface area contributed by atoms with Gasteiger partial charge in [0.2, 0.25) is 0 Å². The fourth-order valence-corrected chi connectivity index (χ4v) is 3.78. The van der Waals surface area contributed by atoms with Crippen LogP contribution < -0.4 is 5.32 Å². The lowest BCUT2D eigenvalue weighted by molar-refractivity contribution is -0.384. The van der Waals surface area contributed by atoms with Gasteiger partial charge in [-0.3, -0.25) is 10.1 Å². The number of nitro groups is 1. The van der Waals surface area contributed by atoms with Crippen molar-refractivity contribution < 1.29 is 13.7 Å². The Labute approximate surface area is 137 Å². The molecule has 0 spiro atoms. The van der Waals surface area contributed by atoms with Gasteiger partial charge in [-0.2, -0.15) is 0 Å². The number of fused-ring (bicyclic) bond motifs is 3. The van der Waals surface area contributed by atoms with Gasteiger partial charge in [-0.25, -0.2) is 8.78 Å². The molecule has 2 aromatic rings. The molecule has 0 saturated carbocycles. The minimum Gasteiger partial charge on any atom is -0.375 e. The van der Waals surface area contributed by atoms with Crippen molar-refractivity contribution in [2.75, 3.05) is 5.32 Å². The third kappa shape index (κ3) is 2.26. The molecule has 1 heterocycles. The molecule has 0 aromatic heterocycles. The van der Waals surface area contributed by atoms with Crippen LogP contribution in [0.4, 0.5) is 20.2 Å². The Bertz CT molecular complexity index is 866. The zero-order valence-electron chi connectivity index (χ0n) is 12.6. The highest BCUT2D eigenvalue weighted by atomic mass is 19.1. The number of non-ortho nitro benzene ring substituents is 1. The van der Waals surface area contributed by atoms with Gasteiger partial charge in [-0.15, -0.1) is 0 Å². The molecule has 0 saturated heterocycles. The summed E-state index contributed by atoms with van der Waals surface area (Å²) in [6.45, 7) is 0. The van der Waals surface area contributed by atoms with Gasteiger partial charge in [0, 0.05) is 24.1 Å². The summed E-state index contributed by atoms with van der Waals surface area (Å²) in [4.78, 5) is 10.6. The average molecular weight is 328 g/mol. The highest BCUT2D eigenvalue weighted by Gasteiger charge is 2.39. The summed E-state index contributed by atoms with van der Waals surface area (Å²) in [5.41, 5.74) is 1.62. The standard InChI is InChI=1S/C18H14F2N2O2/c19-11-8-15-13-5-2-6-14(13)17(21-18(15)16(20)9-11)10-3-1-4-12(7-10)22(23)24/h1-5,7-9,13-14,17,21H,6H2/t13-,14-,17-/m0/s1. The van der Waals surface area contributed by atoms with Crippen molar-refractivity contribution in [1.29, 1.82) is 0 Å². The van der Waals surface area contributed by atoms with Gasteiger partial charge in [0.05, 0.1) is 16.7 Å². The molecule has 2 aliphatic rings. The van der Waals surface area contributed by atoms with Crippen LogP contribution in [0.15, 0.2) is 48.6 Å². The Morgan fingerprint density at radius 3 is 2.83 bits per heavy atom. The highest BCUT2D eigenvalue weighted by molar-refractivity contribution is 5.61. The van der Waals surface area contributed by atoms with Crippen LogP contribution in [0, 0.1) is 27.7 Å². The van der Waals surface area contributed by atoms with Gasteiger partial charge in [0.1, 0.15) is 11.6 Å². The van der Waals surface area contributed by atoms with Crippen LogP contribution in [-0.2, 0) is 0 Å². The zero-order chi connectivity index (χ0) is 16.8. The molecule has 0 amide bonds. The lowest BCUT2D eigenvalue weighted by Gasteiger charge is -2.37. The fourth-order valence-electron chi connectivity index (χ4n) is 3.78. The van der Waals surface area contributed by atoms with Gasteiger partial charge in [-0.1, -0.05) is 24.3 Å². The third-order valence-electron chi connectivity index (χ3n) is 4.83. The number of halogens is 2. The molecule has 0 fully saturated rings. The molecule has 24 heavy (non-hydrogen) atoms. The van der Waals surface area contributed by atoms with Crippen LogP contribution in [0.3, 0.4) is 0 Å². The summed E-state index contributed by atoms with van der Waals surface area (Å²) < 4.78 is 27.9. The predicted molar refractivity (Wildman–Crippen MR) is 85.8 cm³/mol. The average Bonchev–Trinajstić information content (AvgIpc) is 3.04. The van der Waals surface area contributed by atoms with E-state index in [0.717, 1.165) is 18.1 Å². The highest BCUT2D eigenvalue weighted by Crippen LogP contribution is 2.50. The zero-order valence-corrected chi connectivity index (χ0v) is 12.6. The minimum absolute atomic E-state index is 0.00202. The molecule has 6 heteroatoms. The first-order valence-corrected chi connectivity index (χ1v) is 7.71. The van der Waals surface area contributed by atoms with Gasteiger partial charge < -0.3 is 5.32 Å². The van der Waals surface area contributed by atoms with E-state index in [-0.39, 0.29) is 29.3 Å². The number of allylic oxidation sites excluding steroid dienone is 2. The lowest BCUT2D eigenvalue weighted by atomic mass is 9.77. The van der Waals surface area contributed by atoms with Crippen molar-refractivity contribution in [2.45, 2.75) is 18.4 Å². The second-order valence-electron chi connectivity index (χ2n) is 6.18. The van der Waals surface area contributed by atoms with E-state index in [1.54, 1.807) is 12.1 Å². The van der Waals surface area contributed by atoms with Gasteiger partial charge in [0.15, 0.2) is 0 Å². The van der Waals surface area contributed by atoms with Gasteiger partial charge in [-0.05, 0) is 29.5 Å². The van der Waals surface area contributed by atoms with Crippen LogP contribution in [0.25, 0.3) is 0 Å². The number of anilines is 1. The number of nitrogens with one attached hydrogen (secondary N) is 1. The number of nitrogens with zero attached hydrogens (tertiary/aromatic N) is 1. The molecular weight excluding hydrogens is 314 g/mol. The van der Waals surface area contributed by atoms with E-state index in [2.05, 4.69) is 5.32 Å². The van der Waals surface area contributed by atoms with Crippen LogP contribution >= 0.6 is 0 Å². The van der Waals surface area contributed by atoms with Gasteiger partial charge in [0.25, 0.3) is 5.69 Å². The summed E-state index contributed by atoms with van der Waals surface area (Å²) >= 11 is 0. The van der Waals surface area contributed by atoms with E-state index in [1.807, 2.05) is 12.2 Å². The van der Waals surface area contributed by atoms with E-state index in [9.17, 15) is 18.9 Å². The Balaban J connectivity index is 1.81. The summed E-state index contributed by atoms with van der Waals surface area (Å²) in [6, 6.07) is 8.32. The van der Waals surface area contributed by atoms with E-state index in [1.165, 1.54) is 18.2 Å². The largest absolute Gasteiger partial charge is 0.375 e. The molecule has 0 radical (unpaired) electrons. The van der Waals surface area contributed by atoms with Crippen LogP contribution in [-0.4, -0.2) is 4.92 Å². The molecule has 0 unspecified atom stereocenters. The van der Waals surface area contributed by atoms with Crippen LogP contribution in [0.5, 0.6) is 0 Å². The van der Waals surface area contributed by atoms with Crippen LogP contribution in [0.2, 0.25) is 0 Å². The molecule has 1 aliphatic heterocycles. The Hall–Kier alpha value is -2.76. The molecule has 2 aromatic carbocycles. The lowest BCUT2D eigenvalue weighted by Crippen LogP contribution is -2.30. The molecule has 1 N–H and O–H groups in total. The Morgan fingerprint density at radius 1 is 1.21 bits per heavy atom. The first-order valence-electron chi connectivity index (χ1n) is 7.71. The third-order valence-corrected chi connectivity index (χ3v) is 4.83. The molecular formula is C18H14F2N2O2. The van der Waals surface area contributed by atoms with Crippen LogP contribution in [0.1, 0.15) is 29.5 Å². The number of hydrogen-bond acceptors (Lipinski definition) is 3. The maximum Gasteiger partial charge on any atom is 0.269 e. The second-order valence-corrected chi connectivity index (χ2v) is 6.18. The maximum absolute atomic E-state index is 14.3. The van der Waals surface area contributed by atoms with E-state index in [4.69, 9.17) is 0 Å². The van der Waals surface area contributed by atoms with E-state index in [0.29, 0.717) is 5.56 Å². The number of rotatable bonds is 2. The quantitative estimate of drug-likeness (QED) is 0.494. The molecule has 4 rings (SSSR count). The topological polar surface area (TPSA) is 55.2 Å². The molecule has 4 nitrogen and oxygen atoms in total. The minimum atomic E-state index is -0.640. The molecule has 0 bridgehead atoms. The Morgan fingerprint density at radius 2 is 2.04 bits per heavy atom. The summed E-state index contributed by atoms with van der Waals surface area (Å²) in [5, 5.41) is 14.2. The fraction of sp³-hybridized carbons (Fsp3) is 0.222. The first-order chi connectivity index (χ1) is 11.5. The van der Waals surface area contributed by atoms with Crippen molar-refractivity contribution in [2.24, 2.45) is 5.92 Å². The van der Waals surface area contributed by atoms with Crippen molar-refractivity contribution in [3.05, 3.63) is 81.4 Å². The normalized spacial score (nSPS) is 24.2. The molecule has 1 aliphatic carbocycles. The number of hydrogen-bond donors (Lipinski definition) is 1. The van der Waals surface area contributed by atoms with Gasteiger partial charge >= 0.3 is 0 Å². The Kier molecular flexibility index (Phi) is 3.33. The molecule has 3 atom stereocenters. The van der Waals surface area contributed by atoms with Crippen molar-refractivity contribution in [1.82, 2.24) is 0 Å². The van der Waals surface area contributed by atoms with Crippen molar-refractivity contribution in [3.8, 4) is 0 Å². The summed E-state index contributed by atoms with van der Waals surface area (Å²) in [6.07, 6.45) is 4.72. The smallest absolute Gasteiger partial charge is 0.269 e. The summed E-state index contributed by atoms with van der Waals surface area (Å²) in [5.74, 6) is -1.27. The van der Waals surface area contributed by atoms with E-state index < -0.39 is 16.6 Å².